The van der Waals surface area contributed by atoms with E-state index < -0.39 is 23.6 Å². The van der Waals surface area contributed by atoms with Crippen molar-refractivity contribution in [3.8, 4) is 5.75 Å². The van der Waals surface area contributed by atoms with Gasteiger partial charge in [-0.3, -0.25) is 9.59 Å². The summed E-state index contributed by atoms with van der Waals surface area (Å²) in [4.78, 5) is 37.8. The third kappa shape index (κ3) is 2.94. The van der Waals surface area contributed by atoms with Crippen molar-refractivity contribution in [3.63, 3.8) is 0 Å². The molecule has 1 saturated carbocycles. The number of fused-ring (bicyclic) bond motifs is 1. The van der Waals surface area contributed by atoms with Gasteiger partial charge in [0, 0.05) is 24.6 Å². The summed E-state index contributed by atoms with van der Waals surface area (Å²) >= 11 is 0. The van der Waals surface area contributed by atoms with Gasteiger partial charge in [-0.05, 0) is 18.6 Å². The number of carbonyl (C=O) groups is 3. The number of hydrogen-bond donors (Lipinski definition) is 3. The summed E-state index contributed by atoms with van der Waals surface area (Å²) < 4.78 is 31.9. The quantitative estimate of drug-likeness (QED) is 0.684. The summed E-state index contributed by atoms with van der Waals surface area (Å²) in [7, 11) is 1.19. The predicted molar refractivity (Wildman–Crippen MR) is 88.1 cm³/mol. The molecule has 1 aliphatic carbocycles. The second kappa shape index (κ2) is 6.36. The van der Waals surface area contributed by atoms with E-state index in [0.717, 1.165) is 18.6 Å². The van der Waals surface area contributed by atoms with Gasteiger partial charge >= 0.3 is 6.03 Å². The van der Waals surface area contributed by atoms with Crippen LogP contribution in [0.1, 0.15) is 16.8 Å². The Balaban J connectivity index is 1.42. The van der Waals surface area contributed by atoms with Crippen LogP contribution in [-0.4, -0.2) is 61.1 Å². The SMILES string of the molecule is COc1cc(C(=O)N[C@@H]2[C@H]3CCN(C(=O)[C@H]4CNC(=O)N4)[C@H]32)cc(F)c1F. The number of rotatable bonds is 4. The van der Waals surface area contributed by atoms with Crippen molar-refractivity contribution in [2.75, 3.05) is 20.2 Å². The van der Waals surface area contributed by atoms with Crippen LogP contribution in [0.5, 0.6) is 5.75 Å². The summed E-state index contributed by atoms with van der Waals surface area (Å²) in [5.41, 5.74) is -0.0548. The van der Waals surface area contributed by atoms with E-state index in [1.54, 1.807) is 4.90 Å². The first-order chi connectivity index (χ1) is 12.9. The first-order valence-corrected chi connectivity index (χ1v) is 8.59. The molecule has 3 N–H and O–H groups in total. The van der Waals surface area contributed by atoms with Crippen LogP contribution in [0.3, 0.4) is 0 Å². The highest BCUT2D eigenvalue weighted by Crippen LogP contribution is 2.45. The Morgan fingerprint density at radius 3 is 2.78 bits per heavy atom. The van der Waals surface area contributed by atoms with Crippen molar-refractivity contribution < 1.29 is 27.9 Å². The molecule has 0 unspecified atom stereocenters. The number of amides is 4. The number of hydrogen-bond acceptors (Lipinski definition) is 4. The molecule has 10 heteroatoms. The average molecular weight is 380 g/mol. The summed E-state index contributed by atoms with van der Waals surface area (Å²) in [6, 6.07) is 0.564. The molecule has 2 saturated heterocycles. The van der Waals surface area contributed by atoms with Crippen LogP contribution in [0.15, 0.2) is 12.1 Å². The van der Waals surface area contributed by atoms with Crippen LogP contribution in [0.2, 0.25) is 0 Å². The number of piperidine rings is 1. The lowest BCUT2D eigenvalue weighted by Gasteiger charge is -2.23. The molecule has 2 heterocycles. The molecule has 0 radical (unpaired) electrons. The Bertz CT molecular complexity index is 833. The highest BCUT2D eigenvalue weighted by molar-refractivity contribution is 5.95. The fourth-order valence-corrected chi connectivity index (χ4v) is 3.90. The van der Waals surface area contributed by atoms with Gasteiger partial charge in [0.15, 0.2) is 11.6 Å². The number of carbonyl (C=O) groups excluding carboxylic acids is 3. The fourth-order valence-electron chi connectivity index (χ4n) is 3.90. The molecule has 4 atom stereocenters. The summed E-state index contributed by atoms with van der Waals surface area (Å²) in [6.45, 7) is 0.795. The van der Waals surface area contributed by atoms with E-state index in [-0.39, 0.29) is 47.8 Å². The van der Waals surface area contributed by atoms with Gasteiger partial charge in [0.25, 0.3) is 5.91 Å². The van der Waals surface area contributed by atoms with E-state index in [9.17, 15) is 23.2 Å². The zero-order valence-corrected chi connectivity index (χ0v) is 14.4. The number of nitrogens with one attached hydrogen (secondary N) is 3. The van der Waals surface area contributed by atoms with E-state index >= 15 is 0 Å². The number of urea groups is 1. The maximum absolute atomic E-state index is 13.6. The third-order valence-corrected chi connectivity index (χ3v) is 5.32. The first kappa shape index (κ1) is 17.5. The molecule has 144 valence electrons. The van der Waals surface area contributed by atoms with Crippen LogP contribution < -0.4 is 20.7 Å². The normalized spacial score (nSPS) is 28.3. The van der Waals surface area contributed by atoms with E-state index in [1.807, 2.05) is 0 Å². The molecule has 27 heavy (non-hydrogen) atoms. The van der Waals surface area contributed by atoms with Crippen molar-refractivity contribution in [1.29, 1.82) is 0 Å². The minimum absolute atomic E-state index is 0.0548. The molecule has 3 fully saturated rings. The van der Waals surface area contributed by atoms with Crippen LogP contribution in [-0.2, 0) is 4.79 Å². The third-order valence-electron chi connectivity index (χ3n) is 5.32. The number of likely N-dealkylation sites (tertiary alicyclic amines) is 1. The number of halogens is 2. The predicted octanol–water partition coefficient (Wildman–Crippen LogP) is -0.0161. The molecule has 0 spiro atoms. The number of nitrogens with zero attached hydrogens (tertiary/aromatic N) is 1. The fraction of sp³-hybridized carbons (Fsp3) is 0.471. The van der Waals surface area contributed by atoms with Gasteiger partial charge < -0.3 is 25.6 Å². The maximum atomic E-state index is 13.6. The topological polar surface area (TPSA) is 99.8 Å². The summed E-state index contributed by atoms with van der Waals surface area (Å²) in [5.74, 6) is -3.30. The highest BCUT2D eigenvalue weighted by atomic mass is 19.2. The van der Waals surface area contributed by atoms with E-state index in [4.69, 9.17) is 4.74 Å². The van der Waals surface area contributed by atoms with Crippen LogP contribution >= 0.6 is 0 Å². The van der Waals surface area contributed by atoms with Gasteiger partial charge in [0.2, 0.25) is 11.7 Å². The zero-order chi connectivity index (χ0) is 19.3. The molecule has 4 amide bonds. The van der Waals surface area contributed by atoms with Crippen molar-refractivity contribution in [2.24, 2.45) is 5.92 Å². The van der Waals surface area contributed by atoms with Gasteiger partial charge in [0.05, 0.1) is 19.2 Å². The van der Waals surface area contributed by atoms with Crippen molar-refractivity contribution in [1.82, 2.24) is 20.9 Å². The minimum Gasteiger partial charge on any atom is -0.494 e. The zero-order valence-electron chi connectivity index (χ0n) is 14.4. The lowest BCUT2D eigenvalue weighted by Crippen LogP contribution is -2.47. The molecule has 1 aromatic carbocycles. The summed E-state index contributed by atoms with van der Waals surface area (Å²) in [6.07, 6.45) is 0.733. The average Bonchev–Trinajstić information content (AvgIpc) is 3.01. The van der Waals surface area contributed by atoms with Gasteiger partial charge in [0.1, 0.15) is 6.04 Å². The highest BCUT2D eigenvalue weighted by Gasteiger charge is 2.60. The van der Waals surface area contributed by atoms with Gasteiger partial charge in [-0.1, -0.05) is 0 Å². The van der Waals surface area contributed by atoms with Crippen LogP contribution in [0.4, 0.5) is 13.6 Å². The first-order valence-electron chi connectivity index (χ1n) is 8.59. The van der Waals surface area contributed by atoms with Gasteiger partial charge in [-0.25, -0.2) is 9.18 Å². The molecule has 3 aliphatic rings. The van der Waals surface area contributed by atoms with Crippen LogP contribution in [0.25, 0.3) is 0 Å². The minimum atomic E-state index is -1.17. The van der Waals surface area contributed by atoms with Gasteiger partial charge in [-0.2, -0.15) is 4.39 Å². The molecule has 8 nitrogen and oxygen atoms in total. The largest absolute Gasteiger partial charge is 0.494 e. The second-order valence-electron chi connectivity index (χ2n) is 6.86. The van der Waals surface area contributed by atoms with Crippen LogP contribution in [0, 0.1) is 17.6 Å². The monoisotopic (exact) mass is 380 g/mol. The number of methoxy groups -OCH3 is 1. The number of benzene rings is 1. The maximum Gasteiger partial charge on any atom is 0.315 e. The lowest BCUT2D eigenvalue weighted by molar-refractivity contribution is -0.132. The Labute approximate surface area is 153 Å². The van der Waals surface area contributed by atoms with E-state index in [1.165, 1.54) is 7.11 Å². The molecule has 4 rings (SSSR count). The summed E-state index contributed by atoms with van der Waals surface area (Å²) in [5, 5.41) is 7.87. The Morgan fingerprint density at radius 2 is 2.11 bits per heavy atom. The molecular weight excluding hydrogens is 362 g/mol. The smallest absolute Gasteiger partial charge is 0.315 e. The molecule has 2 aliphatic heterocycles. The standard InChI is InChI=1S/C17H18F2N4O4/c1-27-11-5-7(4-9(18)12(11)19)15(24)22-13-8-2-3-23(14(8)13)16(25)10-6-20-17(26)21-10/h4-5,8,10,13-14H,2-3,6H2,1H3,(H,22,24)(H2,20,21,26)/t8-,10-,13-,14-/m1/s1. The van der Waals surface area contributed by atoms with Crippen molar-refractivity contribution >= 4 is 17.8 Å². The van der Waals surface area contributed by atoms with E-state index in [0.29, 0.717) is 6.54 Å². The van der Waals surface area contributed by atoms with E-state index in [2.05, 4.69) is 16.0 Å². The molecule has 0 bridgehead atoms. The van der Waals surface area contributed by atoms with Gasteiger partial charge in [-0.15, -0.1) is 0 Å². The second-order valence-corrected chi connectivity index (χ2v) is 6.86. The molecule has 0 aromatic heterocycles. The molecule has 1 aromatic rings. The lowest BCUT2D eigenvalue weighted by atomic mass is 10.1. The molecular formula is C17H18F2N4O4. The van der Waals surface area contributed by atoms with Crippen molar-refractivity contribution in [3.05, 3.63) is 29.3 Å². The van der Waals surface area contributed by atoms with Crippen molar-refractivity contribution in [2.45, 2.75) is 24.5 Å². The Morgan fingerprint density at radius 1 is 1.33 bits per heavy atom. The Kier molecular flexibility index (Phi) is 4.12. The number of ether oxygens (including phenoxy) is 1. The Hall–Kier alpha value is -2.91.